The van der Waals surface area contributed by atoms with E-state index in [9.17, 15) is 18.0 Å². The van der Waals surface area contributed by atoms with E-state index < -0.39 is 17.8 Å². The molecule has 0 bridgehead atoms. The number of carbonyl (C=O) groups is 1. The van der Waals surface area contributed by atoms with E-state index in [-0.39, 0.29) is 22.9 Å². The summed E-state index contributed by atoms with van der Waals surface area (Å²) in [5.41, 5.74) is -0.803. The Morgan fingerprint density at radius 2 is 2.11 bits per heavy atom. The highest BCUT2D eigenvalue weighted by molar-refractivity contribution is 7.13. The van der Waals surface area contributed by atoms with E-state index in [0.717, 1.165) is 31.7 Å². The van der Waals surface area contributed by atoms with Crippen molar-refractivity contribution >= 4 is 22.9 Å². The molecule has 1 saturated carbocycles. The topological polar surface area (TPSA) is 59.3 Å². The highest BCUT2D eigenvalue weighted by Crippen LogP contribution is 2.34. The van der Waals surface area contributed by atoms with Crippen LogP contribution in [-0.4, -0.2) is 26.5 Å². The van der Waals surface area contributed by atoms with Gasteiger partial charge in [-0.15, -0.1) is 11.3 Å². The van der Waals surface area contributed by atoms with Gasteiger partial charge >= 0.3 is 6.18 Å². The zero-order valence-corrected chi connectivity index (χ0v) is 16.0. The Bertz CT molecular complexity index is 997. The standard InChI is InChI=1S/C19H19F3N4OS/c1-11-5-2-3-6-13(11)25-18(27)12-10-23-26-16(19(20,21)22)9-14(24-17(12)26)15-7-4-8-28-15/h4,7-11,13H,2-3,5-6H2,1H3,(H,25,27)/t11-,13-/m1/s1. The lowest BCUT2D eigenvalue weighted by atomic mass is 9.86. The fourth-order valence-corrected chi connectivity index (χ4v) is 4.34. The minimum atomic E-state index is -4.62. The van der Waals surface area contributed by atoms with Crippen molar-refractivity contribution < 1.29 is 18.0 Å². The largest absolute Gasteiger partial charge is 0.433 e. The van der Waals surface area contributed by atoms with Crippen molar-refractivity contribution in [2.75, 3.05) is 0 Å². The predicted octanol–water partition coefficient (Wildman–Crippen LogP) is 4.79. The number of alkyl halides is 3. The molecule has 2 atom stereocenters. The summed E-state index contributed by atoms with van der Waals surface area (Å²) < 4.78 is 41.5. The van der Waals surface area contributed by atoms with Crippen LogP contribution in [0.5, 0.6) is 0 Å². The van der Waals surface area contributed by atoms with Crippen LogP contribution in [0.4, 0.5) is 13.2 Å². The number of hydrogen-bond acceptors (Lipinski definition) is 4. The number of nitrogens with one attached hydrogen (secondary N) is 1. The van der Waals surface area contributed by atoms with Crippen LogP contribution in [0.15, 0.2) is 29.8 Å². The maximum absolute atomic E-state index is 13.6. The van der Waals surface area contributed by atoms with Crippen LogP contribution in [0.2, 0.25) is 0 Å². The summed E-state index contributed by atoms with van der Waals surface area (Å²) in [6.45, 7) is 2.08. The number of hydrogen-bond donors (Lipinski definition) is 1. The first-order valence-corrected chi connectivity index (χ1v) is 10.0. The number of rotatable bonds is 3. The molecule has 3 aromatic heterocycles. The third-order valence-electron chi connectivity index (χ3n) is 5.21. The zero-order valence-electron chi connectivity index (χ0n) is 15.2. The molecule has 3 aromatic rings. The van der Waals surface area contributed by atoms with E-state index in [0.29, 0.717) is 15.3 Å². The van der Waals surface area contributed by atoms with Gasteiger partial charge in [0.15, 0.2) is 11.3 Å². The Morgan fingerprint density at radius 1 is 1.32 bits per heavy atom. The fourth-order valence-electron chi connectivity index (χ4n) is 3.65. The van der Waals surface area contributed by atoms with Gasteiger partial charge in [0.25, 0.3) is 5.91 Å². The molecule has 1 N–H and O–H groups in total. The average molecular weight is 408 g/mol. The summed E-state index contributed by atoms with van der Waals surface area (Å²) in [5, 5.41) is 8.55. The van der Waals surface area contributed by atoms with Gasteiger partial charge in [0.1, 0.15) is 5.56 Å². The maximum atomic E-state index is 13.6. The van der Waals surface area contributed by atoms with Gasteiger partial charge in [-0.3, -0.25) is 4.79 Å². The molecule has 0 radical (unpaired) electrons. The Morgan fingerprint density at radius 3 is 2.79 bits per heavy atom. The first kappa shape index (κ1) is 18.9. The summed E-state index contributed by atoms with van der Waals surface area (Å²) in [6.07, 6.45) is 0.601. The van der Waals surface area contributed by atoms with Crippen LogP contribution in [0.1, 0.15) is 48.7 Å². The van der Waals surface area contributed by atoms with Gasteiger partial charge in [-0.2, -0.15) is 18.3 Å². The molecule has 4 rings (SSSR count). The average Bonchev–Trinajstić information content (AvgIpc) is 3.31. The smallest absolute Gasteiger partial charge is 0.349 e. The van der Waals surface area contributed by atoms with E-state index in [2.05, 4.69) is 22.3 Å². The summed E-state index contributed by atoms with van der Waals surface area (Å²) in [6, 6.07) is 4.42. The second-order valence-electron chi connectivity index (χ2n) is 7.14. The molecule has 3 heterocycles. The molecule has 0 aliphatic heterocycles. The van der Waals surface area contributed by atoms with Crippen molar-refractivity contribution in [1.82, 2.24) is 19.9 Å². The molecule has 1 aliphatic rings. The van der Waals surface area contributed by atoms with Crippen molar-refractivity contribution in [2.24, 2.45) is 5.92 Å². The normalized spacial score (nSPS) is 20.4. The van der Waals surface area contributed by atoms with Crippen LogP contribution < -0.4 is 5.32 Å². The molecule has 1 amide bonds. The van der Waals surface area contributed by atoms with Crippen LogP contribution in [0.25, 0.3) is 16.2 Å². The van der Waals surface area contributed by atoms with Crippen molar-refractivity contribution in [3.63, 3.8) is 0 Å². The molecular weight excluding hydrogens is 389 g/mol. The number of amides is 1. The molecule has 0 unspecified atom stereocenters. The van der Waals surface area contributed by atoms with Gasteiger partial charge in [-0.25, -0.2) is 9.50 Å². The number of carbonyl (C=O) groups excluding carboxylic acids is 1. The lowest BCUT2D eigenvalue weighted by molar-refractivity contribution is -0.142. The lowest BCUT2D eigenvalue weighted by Gasteiger charge is -2.29. The van der Waals surface area contributed by atoms with Crippen LogP contribution >= 0.6 is 11.3 Å². The van der Waals surface area contributed by atoms with E-state index in [1.165, 1.54) is 17.5 Å². The van der Waals surface area contributed by atoms with Gasteiger partial charge in [0.2, 0.25) is 0 Å². The summed E-state index contributed by atoms with van der Waals surface area (Å²) in [7, 11) is 0. The highest BCUT2D eigenvalue weighted by Gasteiger charge is 2.36. The minimum absolute atomic E-state index is 0.0127. The first-order valence-electron chi connectivity index (χ1n) is 9.15. The molecule has 0 saturated heterocycles. The molecule has 28 heavy (non-hydrogen) atoms. The van der Waals surface area contributed by atoms with Gasteiger partial charge in [-0.1, -0.05) is 25.8 Å². The third-order valence-corrected chi connectivity index (χ3v) is 6.10. The number of aromatic nitrogens is 3. The minimum Gasteiger partial charge on any atom is -0.349 e. The van der Waals surface area contributed by atoms with Crippen molar-refractivity contribution in [2.45, 2.75) is 44.8 Å². The summed E-state index contributed by atoms with van der Waals surface area (Å²) in [5.74, 6) is -0.0994. The van der Waals surface area contributed by atoms with Crippen LogP contribution in [0, 0.1) is 5.92 Å². The van der Waals surface area contributed by atoms with Crippen molar-refractivity contribution in [3.8, 4) is 10.6 Å². The quantitative estimate of drug-likeness (QED) is 0.678. The van der Waals surface area contributed by atoms with Gasteiger partial charge < -0.3 is 5.32 Å². The van der Waals surface area contributed by atoms with Crippen LogP contribution in [-0.2, 0) is 6.18 Å². The van der Waals surface area contributed by atoms with Crippen LogP contribution in [0.3, 0.4) is 0 Å². The second kappa shape index (κ2) is 7.20. The van der Waals surface area contributed by atoms with Gasteiger partial charge in [0.05, 0.1) is 16.8 Å². The Kier molecular flexibility index (Phi) is 4.86. The first-order chi connectivity index (χ1) is 13.3. The van der Waals surface area contributed by atoms with E-state index in [4.69, 9.17) is 0 Å². The number of nitrogens with zero attached hydrogens (tertiary/aromatic N) is 3. The second-order valence-corrected chi connectivity index (χ2v) is 8.08. The Hall–Kier alpha value is -2.42. The molecular formula is C19H19F3N4OS. The molecule has 1 aliphatic carbocycles. The Balaban J connectivity index is 1.77. The lowest BCUT2D eigenvalue weighted by Crippen LogP contribution is -2.41. The van der Waals surface area contributed by atoms with Gasteiger partial charge in [0, 0.05) is 6.04 Å². The SMILES string of the molecule is C[C@@H]1CCCC[C@H]1NC(=O)c1cnn2c(C(F)(F)F)cc(-c3cccs3)nc12. The highest BCUT2D eigenvalue weighted by atomic mass is 32.1. The van der Waals surface area contributed by atoms with Crippen molar-refractivity contribution in [3.05, 3.63) is 41.0 Å². The molecule has 5 nitrogen and oxygen atoms in total. The molecule has 0 aromatic carbocycles. The van der Waals surface area contributed by atoms with Crippen molar-refractivity contribution in [1.29, 1.82) is 0 Å². The predicted molar refractivity (Wildman–Crippen MR) is 100 cm³/mol. The van der Waals surface area contributed by atoms with E-state index >= 15 is 0 Å². The molecule has 0 spiro atoms. The molecule has 148 valence electrons. The number of fused-ring (bicyclic) bond motifs is 1. The zero-order chi connectivity index (χ0) is 19.9. The third kappa shape index (κ3) is 3.50. The maximum Gasteiger partial charge on any atom is 0.433 e. The fraction of sp³-hybridized carbons (Fsp3) is 0.421. The molecule has 1 fully saturated rings. The monoisotopic (exact) mass is 408 g/mol. The summed E-state index contributed by atoms with van der Waals surface area (Å²) in [4.78, 5) is 17.7. The van der Waals surface area contributed by atoms with Gasteiger partial charge in [-0.05, 0) is 36.3 Å². The molecule has 9 heteroatoms. The Labute approximate surface area is 163 Å². The number of halogens is 3. The summed E-state index contributed by atoms with van der Waals surface area (Å²) >= 11 is 1.29. The van der Waals surface area contributed by atoms with E-state index in [1.54, 1.807) is 17.5 Å². The number of thiophene rings is 1. The van der Waals surface area contributed by atoms with E-state index in [1.807, 2.05) is 0 Å².